The Morgan fingerprint density at radius 2 is 1.00 bits per heavy atom. The highest BCUT2D eigenvalue weighted by Gasteiger charge is 2.27. The maximum atomic E-state index is 13.6. The fourth-order valence-corrected chi connectivity index (χ4v) is 8.37. The summed E-state index contributed by atoms with van der Waals surface area (Å²) in [6.07, 6.45) is 10.9. The lowest BCUT2D eigenvalue weighted by molar-refractivity contribution is -0.130. The van der Waals surface area contributed by atoms with Gasteiger partial charge in [0.1, 0.15) is 11.6 Å². The van der Waals surface area contributed by atoms with E-state index >= 15 is 0 Å². The molecule has 4 aromatic heterocycles. The molecule has 15 heteroatoms. The third kappa shape index (κ3) is 10.1. The van der Waals surface area contributed by atoms with Crippen LogP contribution in [0.2, 0.25) is 0 Å². The molecular weight excluding hydrogens is 823 g/mol. The summed E-state index contributed by atoms with van der Waals surface area (Å²) in [4.78, 5) is 41.5. The van der Waals surface area contributed by atoms with Crippen LogP contribution in [0.4, 0.5) is 32.1 Å². The highest BCUT2D eigenvalue weighted by Crippen LogP contribution is 2.37. The van der Waals surface area contributed by atoms with E-state index in [4.69, 9.17) is 19.9 Å². The number of para-hydroxylation sites is 2. The fourth-order valence-electron chi connectivity index (χ4n) is 8.37. The average molecular weight is 871 g/mol. The van der Waals surface area contributed by atoms with Crippen LogP contribution in [0.1, 0.15) is 44.7 Å². The first-order valence-electron chi connectivity index (χ1n) is 21.8. The van der Waals surface area contributed by atoms with Gasteiger partial charge in [-0.3, -0.25) is 4.79 Å². The SMILES string of the molecule is CC(=O)N1CCC(n2cnc(-c3ccc(F)cc3)c2-c2ccnc(Nc3ccccc3)n2)CC1.Fc1ccc(-c2ncn(C3CCNCC3)c2-c2ccnc(Nc3ccccc3)n2)cc1. The van der Waals surface area contributed by atoms with Crippen molar-refractivity contribution in [2.24, 2.45) is 0 Å². The molecule has 0 radical (unpaired) electrons. The predicted molar refractivity (Wildman–Crippen MR) is 248 cm³/mol. The average Bonchev–Trinajstić information content (AvgIpc) is 4.00. The number of nitrogens with one attached hydrogen (secondary N) is 3. The van der Waals surface area contributed by atoms with Crippen LogP contribution >= 0.6 is 0 Å². The van der Waals surface area contributed by atoms with Crippen molar-refractivity contribution in [2.75, 3.05) is 36.8 Å². The van der Waals surface area contributed by atoms with Gasteiger partial charge in [-0.05, 0) is 124 Å². The van der Waals surface area contributed by atoms with Gasteiger partial charge in [-0.1, -0.05) is 36.4 Å². The molecule has 0 saturated carbocycles. The summed E-state index contributed by atoms with van der Waals surface area (Å²) in [7, 11) is 0. The molecule has 2 aliphatic heterocycles. The normalized spacial score (nSPS) is 14.4. The largest absolute Gasteiger partial charge is 0.343 e. The number of likely N-dealkylation sites (tertiary alicyclic amines) is 1. The smallest absolute Gasteiger partial charge is 0.227 e. The van der Waals surface area contributed by atoms with E-state index in [0.717, 1.165) is 95.4 Å². The number of hydrogen-bond donors (Lipinski definition) is 3. The number of nitrogens with zero attached hydrogens (tertiary/aromatic N) is 9. The summed E-state index contributed by atoms with van der Waals surface area (Å²) in [6, 6.07) is 36.6. The van der Waals surface area contributed by atoms with Gasteiger partial charge in [0.05, 0.1) is 46.8 Å². The molecule has 1 amide bonds. The summed E-state index contributed by atoms with van der Waals surface area (Å²) < 4.78 is 31.5. The van der Waals surface area contributed by atoms with E-state index in [-0.39, 0.29) is 23.6 Å². The second kappa shape index (κ2) is 19.8. The molecule has 0 aliphatic carbocycles. The summed E-state index contributed by atoms with van der Waals surface area (Å²) in [6.45, 7) is 4.96. The van der Waals surface area contributed by atoms with Crippen LogP contribution in [0, 0.1) is 11.6 Å². The number of halogens is 2. The molecule has 0 bridgehead atoms. The zero-order valence-electron chi connectivity index (χ0n) is 35.9. The number of carbonyl (C=O) groups excluding carboxylic acids is 1. The molecule has 13 nitrogen and oxygen atoms in total. The van der Waals surface area contributed by atoms with Crippen molar-refractivity contribution in [1.29, 1.82) is 0 Å². The summed E-state index contributed by atoms with van der Waals surface area (Å²) in [5.41, 5.74) is 8.30. The molecule has 0 atom stereocenters. The molecular formula is C50H48F2N12O. The predicted octanol–water partition coefficient (Wildman–Crippen LogP) is 9.89. The first-order chi connectivity index (χ1) is 31.9. The van der Waals surface area contributed by atoms with Gasteiger partial charge in [-0.25, -0.2) is 38.7 Å². The Balaban J connectivity index is 0.000000165. The molecule has 0 unspecified atom stereocenters. The molecule has 6 heterocycles. The van der Waals surface area contributed by atoms with Crippen LogP contribution < -0.4 is 16.0 Å². The van der Waals surface area contributed by atoms with Crippen molar-refractivity contribution in [3.8, 4) is 45.3 Å². The lowest BCUT2D eigenvalue weighted by Gasteiger charge is -2.32. The van der Waals surface area contributed by atoms with Crippen molar-refractivity contribution in [1.82, 2.24) is 49.3 Å². The summed E-state index contributed by atoms with van der Waals surface area (Å²) >= 11 is 0. The second-order valence-electron chi connectivity index (χ2n) is 15.9. The molecule has 2 saturated heterocycles. The van der Waals surface area contributed by atoms with Crippen LogP contribution in [-0.4, -0.2) is 76.0 Å². The Hall–Kier alpha value is -7.65. The number of carbonyl (C=O) groups is 1. The first-order valence-corrected chi connectivity index (χ1v) is 21.8. The van der Waals surface area contributed by atoms with Crippen LogP contribution in [0.5, 0.6) is 0 Å². The number of hydrogen-bond acceptors (Lipinski definition) is 10. The van der Waals surface area contributed by atoms with E-state index in [0.29, 0.717) is 31.0 Å². The number of anilines is 4. The molecule has 2 aliphatic rings. The van der Waals surface area contributed by atoms with Gasteiger partial charge < -0.3 is 30.0 Å². The molecule has 10 rings (SSSR count). The third-order valence-electron chi connectivity index (χ3n) is 11.7. The summed E-state index contributed by atoms with van der Waals surface area (Å²) in [5.74, 6) is 0.542. The zero-order chi connectivity index (χ0) is 44.5. The van der Waals surface area contributed by atoms with E-state index in [1.54, 1.807) is 43.6 Å². The quantitative estimate of drug-likeness (QED) is 0.122. The van der Waals surface area contributed by atoms with Crippen molar-refractivity contribution >= 4 is 29.2 Å². The van der Waals surface area contributed by atoms with E-state index in [1.807, 2.05) is 90.4 Å². The number of rotatable bonds is 10. The van der Waals surface area contributed by atoms with E-state index in [9.17, 15) is 13.6 Å². The molecule has 0 spiro atoms. The Bertz CT molecular complexity index is 2820. The molecule has 328 valence electrons. The van der Waals surface area contributed by atoms with E-state index in [1.165, 1.54) is 24.3 Å². The highest BCUT2D eigenvalue weighted by molar-refractivity contribution is 5.79. The van der Waals surface area contributed by atoms with Crippen molar-refractivity contribution < 1.29 is 13.6 Å². The van der Waals surface area contributed by atoms with Crippen molar-refractivity contribution in [3.05, 3.63) is 158 Å². The number of aromatic nitrogens is 8. The van der Waals surface area contributed by atoms with Gasteiger partial charge in [0.15, 0.2) is 0 Å². The minimum Gasteiger partial charge on any atom is -0.343 e. The Morgan fingerprint density at radius 1 is 0.569 bits per heavy atom. The van der Waals surface area contributed by atoms with Crippen LogP contribution in [0.15, 0.2) is 146 Å². The Kier molecular flexibility index (Phi) is 13.0. The van der Waals surface area contributed by atoms with E-state index < -0.39 is 0 Å². The lowest BCUT2D eigenvalue weighted by Crippen LogP contribution is -2.37. The van der Waals surface area contributed by atoms with Crippen LogP contribution in [0.3, 0.4) is 0 Å². The number of amides is 1. The van der Waals surface area contributed by atoms with Gasteiger partial charge in [0, 0.05) is 67.0 Å². The molecule has 8 aromatic rings. The molecule has 3 N–H and O–H groups in total. The fraction of sp³-hybridized carbons (Fsp3) is 0.220. The van der Waals surface area contributed by atoms with Gasteiger partial charge in [0.25, 0.3) is 0 Å². The maximum absolute atomic E-state index is 13.6. The van der Waals surface area contributed by atoms with Gasteiger partial charge in [-0.15, -0.1) is 0 Å². The molecule has 2 fully saturated rings. The summed E-state index contributed by atoms with van der Waals surface area (Å²) in [5, 5.41) is 9.92. The second-order valence-corrected chi connectivity index (χ2v) is 15.9. The van der Waals surface area contributed by atoms with Gasteiger partial charge in [0.2, 0.25) is 17.8 Å². The topological polar surface area (TPSA) is 144 Å². The standard InChI is InChI=1S/C26H25FN6O.C24H23FN6/c1-18(34)32-15-12-22(13-16-32)33-17-29-24(19-7-9-20(27)10-8-19)25(33)23-11-14-28-26(31-23)30-21-5-3-2-4-6-21;25-18-8-6-17(7-9-18)22-23(31(16-28-22)20-10-13-26-14-11-20)21-12-15-27-24(30-21)29-19-4-2-1-3-5-19/h2-11,14,17,22H,12-13,15-16H2,1H3,(H,28,30,31);1-9,12,15-16,20,26H,10-11,13-14H2,(H,27,29,30). The number of imidazole rings is 2. The molecule has 65 heavy (non-hydrogen) atoms. The Morgan fingerprint density at radius 3 is 1.43 bits per heavy atom. The van der Waals surface area contributed by atoms with Crippen LogP contribution in [-0.2, 0) is 4.79 Å². The van der Waals surface area contributed by atoms with Crippen molar-refractivity contribution in [2.45, 2.75) is 44.7 Å². The zero-order valence-corrected chi connectivity index (χ0v) is 35.9. The minimum atomic E-state index is -0.294. The maximum Gasteiger partial charge on any atom is 0.227 e. The van der Waals surface area contributed by atoms with Gasteiger partial charge in [-0.2, -0.15) is 0 Å². The third-order valence-corrected chi connectivity index (χ3v) is 11.7. The van der Waals surface area contributed by atoms with Crippen LogP contribution in [0.25, 0.3) is 45.3 Å². The minimum absolute atomic E-state index is 0.101. The van der Waals surface area contributed by atoms with E-state index in [2.05, 4.69) is 35.1 Å². The number of piperidine rings is 2. The van der Waals surface area contributed by atoms with Gasteiger partial charge >= 0.3 is 0 Å². The first kappa shape index (κ1) is 42.6. The lowest BCUT2D eigenvalue weighted by atomic mass is 10.0. The number of benzene rings is 4. The highest BCUT2D eigenvalue weighted by atomic mass is 19.1. The monoisotopic (exact) mass is 870 g/mol. The Labute approximate surface area is 375 Å². The molecule has 4 aromatic carbocycles. The van der Waals surface area contributed by atoms with Crippen molar-refractivity contribution in [3.63, 3.8) is 0 Å².